The zero-order valence-electron chi connectivity index (χ0n) is 14.8. The van der Waals surface area contributed by atoms with Crippen LogP contribution in [0.25, 0.3) is 11.1 Å². The Morgan fingerprint density at radius 1 is 1.24 bits per heavy atom. The molecule has 0 unspecified atom stereocenters. The molecule has 0 aliphatic carbocycles. The number of carbonyl (C=O) groups is 2. The average molecular weight is 344 g/mol. The second kappa shape index (κ2) is 7.98. The van der Waals surface area contributed by atoms with E-state index in [1.54, 1.807) is 24.3 Å². The Balaban J connectivity index is 2.62. The number of nitrogens with zero attached hydrogens (tertiary/aromatic N) is 1. The van der Waals surface area contributed by atoms with Crippen LogP contribution in [0.4, 0.5) is 0 Å². The smallest absolute Gasteiger partial charge is 0.337 e. The number of hydrogen-bond acceptors (Lipinski definition) is 4. The second-order valence-corrected chi connectivity index (χ2v) is 5.80. The largest absolute Gasteiger partial charge is 0.465 e. The van der Waals surface area contributed by atoms with E-state index >= 15 is 0 Å². The Labute approximate surface area is 147 Å². The number of amides is 1. The summed E-state index contributed by atoms with van der Waals surface area (Å²) >= 11 is 0. The van der Waals surface area contributed by atoms with Crippen molar-refractivity contribution in [1.82, 2.24) is 4.57 Å². The van der Waals surface area contributed by atoms with Crippen LogP contribution in [0, 0.1) is 6.92 Å². The second-order valence-electron chi connectivity index (χ2n) is 5.80. The highest BCUT2D eigenvalue weighted by Crippen LogP contribution is 2.33. The molecule has 1 aromatic heterocycles. The van der Waals surface area contributed by atoms with Crippen LogP contribution < -0.4 is 5.73 Å². The van der Waals surface area contributed by atoms with Gasteiger partial charge in [-0.2, -0.15) is 0 Å². The standard InChI is InChI=1S/C19H24N2O4/c1-4-15-17(13-6-8-14(9-7-13)19(24)25-3)16(18(20)23)12(2)21(15)10-5-11-22/h6-9,22H,4-5,10-11H2,1-3H3,(H2,20,23). The van der Waals surface area contributed by atoms with Crippen molar-refractivity contribution < 1.29 is 19.4 Å². The maximum Gasteiger partial charge on any atom is 0.337 e. The number of carbonyl (C=O) groups excluding carboxylic acids is 2. The first-order valence-electron chi connectivity index (χ1n) is 8.27. The normalized spacial score (nSPS) is 10.7. The highest BCUT2D eigenvalue weighted by Gasteiger charge is 2.23. The zero-order chi connectivity index (χ0) is 18.6. The molecule has 25 heavy (non-hydrogen) atoms. The van der Waals surface area contributed by atoms with Gasteiger partial charge >= 0.3 is 5.97 Å². The molecule has 0 radical (unpaired) electrons. The molecule has 0 atom stereocenters. The molecular formula is C19H24N2O4. The number of methoxy groups -OCH3 is 1. The minimum absolute atomic E-state index is 0.0792. The SMILES string of the molecule is CCc1c(-c2ccc(C(=O)OC)cc2)c(C(N)=O)c(C)n1CCCO. The lowest BCUT2D eigenvalue weighted by Gasteiger charge is -2.11. The molecule has 1 heterocycles. The van der Waals surface area contributed by atoms with Crippen LogP contribution in [0.1, 0.15) is 45.4 Å². The molecule has 0 spiro atoms. The van der Waals surface area contributed by atoms with Crippen molar-refractivity contribution in [2.75, 3.05) is 13.7 Å². The lowest BCUT2D eigenvalue weighted by Crippen LogP contribution is -2.13. The summed E-state index contributed by atoms with van der Waals surface area (Å²) in [6.45, 7) is 4.58. The van der Waals surface area contributed by atoms with Gasteiger partial charge in [-0.15, -0.1) is 0 Å². The van der Waals surface area contributed by atoms with Gasteiger partial charge in [0, 0.05) is 30.1 Å². The van der Waals surface area contributed by atoms with E-state index in [4.69, 9.17) is 15.6 Å². The number of ether oxygens (including phenoxy) is 1. The summed E-state index contributed by atoms with van der Waals surface area (Å²) in [7, 11) is 1.33. The fraction of sp³-hybridized carbons (Fsp3) is 0.368. The van der Waals surface area contributed by atoms with Crippen LogP contribution in [0.5, 0.6) is 0 Å². The number of esters is 1. The first-order chi connectivity index (χ1) is 12.0. The van der Waals surface area contributed by atoms with Gasteiger partial charge in [0.1, 0.15) is 0 Å². The Kier molecular flexibility index (Phi) is 5.98. The van der Waals surface area contributed by atoms with Crippen LogP contribution in [0.3, 0.4) is 0 Å². The molecule has 0 saturated carbocycles. The molecule has 0 aliphatic heterocycles. The van der Waals surface area contributed by atoms with Gasteiger partial charge in [0.25, 0.3) is 5.91 Å². The summed E-state index contributed by atoms with van der Waals surface area (Å²) in [4.78, 5) is 23.7. The third kappa shape index (κ3) is 3.58. The van der Waals surface area contributed by atoms with Crippen LogP contribution in [-0.4, -0.2) is 35.3 Å². The topological polar surface area (TPSA) is 94.5 Å². The maximum atomic E-state index is 12.1. The summed E-state index contributed by atoms with van der Waals surface area (Å²) in [5, 5.41) is 9.14. The van der Waals surface area contributed by atoms with E-state index in [0.29, 0.717) is 30.5 Å². The van der Waals surface area contributed by atoms with Crippen molar-refractivity contribution in [3.63, 3.8) is 0 Å². The monoisotopic (exact) mass is 344 g/mol. The molecule has 6 heteroatoms. The van der Waals surface area contributed by atoms with E-state index in [1.807, 2.05) is 18.4 Å². The summed E-state index contributed by atoms with van der Waals surface area (Å²) in [5.74, 6) is -0.893. The fourth-order valence-electron chi connectivity index (χ4n) is 3.20. The van der Waals surface area contributed by atoms with Crippen molar-refractivity contribution in [3.8, 4) is 11.1 Å². The number of aliphatic hydroxyl groups is 1. The predicted molar refractivity (Wildman–Crippen MR) is 95.5 cm³/mol. The molecule has 6 nitrogen and oxygen atoms in total. The van der Waals surface area contributed by atoms with Crippen molar-refractivity contribution in [3.05, 3.63) is 46.8 Å². The number of benzene rings is 1. The molecule has 3 N–H and O–H groups in total. The molecule has 0 fully saturated rings. The first-order valence-corrected chi connectivity index (χ1v) is 8.27. The quantitative estimate of drug-likeness (QED) is 0.754. The van der Waals surface area contributed by atoms with Gasteiger partial charge in [0.05, 0.1) is 18.2 Å². The van der Waals surface area contributed by atoms with E-state index in [2.05, 4.69) is 0 Å². The third-order valence-corrected chi connectivity index (χ3v) is 4.35. The number of aliphatic hydroxyl groups excluding tert-OH is 1. The van der Waals surface area contributed by atoms with Crippen molar-refractivity contribution in [2.24, 2.45) is 5.73 Å². The van der Waals surface area contributed by atoms with Gasteiger partial charge < -0.3 is 20.1 Å². The van der Waals surface area contributed by atoms with Gasteiger partial charge in [-0.05, 0) is 37.5 Å². The van der Waals surface area contributed by atoms with Crippen molar-refractivity contribution >= 4 is 11.9 Å². The molecule has 1 amide bonds. The van der Waals surface area contributed by atoms with Crippen LogP contribution in [0.15, 0.2) is 24.3 Å². The molecule has 2 aromatic rings. The van der Waals surface area contributed by atoms with Gasteiger partial charge in [-0.1, -0.05) is 19.1 Å². The Morgan fingerprint density at radius 3 is 2.36 bits per heavy atom. The lowest BCUT2D eigenvalue weighted by molar-refractivity contribution is 0.0600. The molecule has 1 aromatic carbocycles. The maximum absolute atomic E-state index is 12.1. The van der Waals surface area contributed by atoms with Crippen molar-refractivity contribution in [2.45, 2.75) is 33.2 Å². The van der Waals surface area contributed by atoms with E-state index in [1.165, 1.54) is 7.11 Å². The summed E-state index contributed by atoms with van der Waals surface area (Å²) in [6, 6.07) is 6.93. The Hall–Kier alpha value is -2.60. The zero-order valence-corrected chi connectivity index (χ0v) is 14.8. The molecule has 134 valence electrons. The fourth-order valence-corrected chi connectivity index (χ4v) is 3.20. The van der Waals surface area contributed by atoms with Gasteiger partial charge in [-0.25, -0.2) is 4.79 Å². The minimum Gasteiger partial charge on any atom is -0.465 e. The Morgan fingerprint density at radius 2 is 1.88 bits per heavy atom. The minimum atomic E-state index is -0.484. The van der Waals surface area contributed by atoms with Gasteiger partial charge in [0.15, 0.2) is 0 Å². The summed E-state index contributed by atoms with van der Waals surface area (Å²) in [5.41, 5.74) is 9.98. The number of hydrogen-bond donors (Lipinski definition) is 2. The number of rotatable bonds is 7. The number of nitrogens with two attached hydrogens (primary N) is 1. The molecular weight excluding hydrogens is 320 g/mol. The average Bonchev–Trinajstić information content (AvgIpc) is 2.91. The molecule has 0 bridgehead atoms. The van der Waals surface area contributed by atoms with Crippen molar-refractivity contribution in [1.29, 1.82) is 0 Å². The molecule has 0 saturated heterocycles. The van der Waals surface area contributed by atoms with Crippen LogP contribution in [0.2, 0.25) is 0 Å². The number of primary amides is 1. The molecule has 2 rings (SSSR count). The van der Waals surface area contributed by atoms with Crippen LogP contribution in [-0.2, 0) is 17.7 Å². The Bertz CT molecular complexity index is 776. The first kappa shape index (κ1) is 18.7. The van der Waals surface area contributed by atoms with Crippen LogP contribution >= 0.6 is 0 Å². The van der Waals surface area contributed by atoms with Gasteiger partial charge in [-0.3, -0.25) is 4.79 Å². The van der Waals surface area contributed by atoms with E-state index in [9.17, 15) is 9.59 Å². The predicted octanol–water partition coefficient (Wildman–Crippen LogP) is 2.29. The summed E-state index contributed by atoms with van der Waals surface area (Å²) < 4.78 is 6.76. The number of aromatic nitrogens is 1. The third-order valence-electron chi connectivity index (χ3n) is 4.35. The van der Waals surface area contributed by atoms with E-state index < -0.39 is 11.9 Å². The highest BCUT2D eigenvalue weighted by atomic mass is 16.5. The lowest BCUT2D eigenvalue weighted by atomic mass is 9.98. The highest BCUT2D eigenvalue weighted by molar-refractivity contribution is 6.02. The summed E-state index contributed by atoms with van der Waals surface area (Å²) in [6.07, 6.45) is 1.31. The van der Waals surface area contributed by atoms with E-state index in [-0.39, 0.29) is 6.61 Å². The van der Waals surface area contributed by atoms with Gasteiger partial charge in [0.2, 0.25) is 0 Å². The van der Waals surface area contributed by atoms with E-state index in [0.717, 1.165) is 22.5 Å². The molecule has 0 aliphatic rings.